The van der Waals surface area contributed by atoms with Crippen molar-refractivity contribution in [1.29, 1.82) is 0 Å². The van der Waals surface area contributed by atoms with Gasteiger partial charge in [-0.25, -0.2) is 13.1 Å². The van der Waals surface area contributed by atoms with E-state index in [0.29, 0.717) is 13.0 Å². The summed E-state index contributed by atoms with van der Waals surface area (Å²) in [6.45, 7) is 4.42. The van der Waals surface area contributed by atoms with Crippen molar-refractivity contribution in [1.82, 2.24) is 19.9 Å². The van der Waals surface area contributed by atoms with Gasteiger partial charge in [0.05, 0.1) is 24.2 Å². The molecule has 0 aliphatic carbocycles. The zero-order valence-corrected chi connectivity index (χ0v) is 15.8. The molecule has 1 saturated heterocycles. The van der Waals surface area contributed by atoms with Crippen molar-refractivity contribution < 1.29 is 13.2 Å². The molecule has 142 valence electrons. The summed E-state index contributed by atoms with van der Waals surface area (Å²) in [6.07, 6.45) is 7.52. The lowest BCUT2D eigenvalue weighted by molar-refractivity contribution is 0.0714. The normalized spacial score (nSPS) is 18.6. The van der Waals surface area contributed by atoms with Gasteiger partial charge in [0.15, 0.2) is 15.5 Å². The Hall–Kier alpha value is -2.74. The van der Waals surface area contributed by atoms with Crippen LogP contribution in [0.1, 0.15) is 22.5 Å². The Balaban J connectivity index is 1.67. The Morgan fingerprint density at radius 3 is 2.78 bits per heavy atom. The lowest BCUT2D eigenvalue weighted by Crippen LogP contribution is -2.41. The molecule has 2 heterocycles. The number of hydrogen-bond donors (Lipinski definition) is 0. The predicted molar refractivity (Wildman–Crippen MR) is 104 cm³/mol. The fourth-order valence-corrected chi connectivity index (χ4v) is 4.78. The molecule has 0 radical (unpaired) electrons. The molecule has 1 aliphatic heterocycles. The SMILES string of the molecule is C=CCN(C(=O)c1cn(C/C=C/c2ccccc2)nn1)C1CCS(=O)(=O)C1. The summed E-state index contributed by atoms with van der Waals surface area (Å²) in [4.78, 5) is 14.3. The molecule has 7 nitrogen and oxygen atoms in total. The molecule has 27 heavy (non-hydrogen) atoms. The second-order valence-electron chi connectivity index (χ2n) is 6.44. The number of amides is 1. The number of hydrogen-bond acceptors (Lipinski definition) is 5. The van der Waals surface area contributed by atoms with Crippen molar-refractivity contribution in [2.75, 3.05) is 18.1 Å². The summed E-state index contributed by atoms with van der Waals surface area (Å²) in [5.74, 6) is -0.230. The largest absolute Gasteiger partial charge is 0.329 e. The number of allylic oxidation sites excluding steroid dienone is 1. The van der Waals surface area contributed by atoms with Crippen molar-refractivity contribution in [3.63, 3.8) is 0 Å². The van der Waals surface area contributed by atoms with Gasteiger partial charge in [0, 0.05) is 12.6 Å². The number of carbonyl (C=O) groups excluding carboxylic acids is 1. The van der Waals surface area contributed by atoms with E-state index in [1.807, 2.05) is 42.5 Å². The minimum atomic E-state index is -3.09. The lowest BCUT2D eigenvalue weighted by atomic mass is 10.2. The number of nitrogens with zero attached hydrogens (tertiary/aromatic N) is 4. The fourth-order valence-electron chi connectivity index (χ4n) is 3.05. The minimum absolute atomic E-state index is 0.0134. The molecule has 1 unspecified atom stereocenters. The summed E-state index contributed by atoms with van der Waals surface area (Å²) in [7, 11) is -3.09. The first-order chi connectivity index (χ1) is 13.0. The third kappa shape index (κ3) is 4.91. The van der Waals surface area contributed by atoms with Crippen LogP contribution < -0.4 is 0 Å². The maximum atomic E-state index is 12.8. The van der Waals surface area contributed by atoms with Crippen LogP contribution in [0.5, 0.6) is 0 Å². The first-order valence-corrected chi connectivity index (χ1v) is 10.5. The van der Waals surface area contributed by atoms with Crippen LogP contribution in [0.2, 0.25) is 0 Å². The molecule has 1 atom stereocenters. The zero-order chi connectivity index (χ0) is 19.3. The third-order valence-corrected chi connectivity index (χ3v) is 6.15. The number of sulfone groups is 1. The van der Waals surface area contributed by atoms with Crippen LogP contribution in [-0.4, -0.2) is 58.3 Å². The molecule has 0 saturated carbocycles. The molecule has 1 amide bonds. The second kappa shape index (κ2) is 8.30. The first-order valence-electron chi connectivity index (χ1n) is 8.72. The Labute approximate surface area is 158 Å². The summed E-state index contributed by atoms with van der Waals surface area (Å²) in [6, 6.07) is 9.53. The van der Waals surface area contributed by atoms with Crippen LogP contribution >= 0.6 is 0 Å². The van der Waals surface area contributed by atoms with E-state index in [2.05, 4.69) is 16.9 Å². The van der Waals surface area contributed by atoms with Gasteiger partial charge in [-0.1, -0.05) is 53.8 Å². The van der Waals surface area contributed by atoms with Gasteiger partial charge < -0.3 is 4.90 Å². The maximum Gasteiger partial charge on any atom is 0.276 e. The molecule has 2 aromatic rings. The molecule has 0 spiro atoms. The molecular formula is C19H22N4O3S. The topological polar surface area (TPSA) is 85.2 Å². The third-order valence-electron chi connectivity index (χ3n) is 4.40. The Kier molecular flexibility index (Phi) is 5.85. The molecule has 1 aromatic carbocycles. The fraction of sp³-hybridized carbons (Fsp3) is 0.316. The summed E-state index contributed by atoms with van der Waals surface area (Å²) < 4.78 is 25.1. The van der Waals surface area contributed by atoms with Gasteiger partial charge in [0.2, 0.25) is 0 Å². The van der Waals surface area contributed by atoms with E-state index < -0.39 is 9.84 Å². The highest BCUT2D eigenvalue weighted by atomic mass is 32.2. The molecule has 0 bridgehead atoms. The van der Waals surface area contributed by atoms with Gasteiger partial charge in [-0.2, -0.15) is 0 Å². The zero-order valence-electron chi connectivity index (χ0n) is 14.9. The average molecular weight is 386 g/mol. The lowest BCUT2D eigenvalue weighted by Gasteiger charge is -2.25. The van der Waals surface area contributed by atoms with Gasteiger partial charge in [-0.15, -0.1) is 11.7 Å². The molecular weight excluding hydrogens is 364 g/mol. The van der Waals surface area contributed by atoms with E-state index >= 15 is 0 Å². The highest BCUT2D eigenvalue weighted by molar-refractivity contribution is 7.91. The first kappa shape index (κ1) is 19.0. The smallest absolute Gasteiger partial charge is 0.276 e. The van der Waals surface area contributed by atoms with Gasteiger partial charge >= 0.3 is 0 Å². The summed E-state index contributed by atoms with van der Waals surface area (Å²) >= 11 is 0. The van der Waals surface area contributed by atoms with Gasteiger partial charge in [0.25, 0.3) is 5.91 Å². The van der Waals surface area contributed by atoms with Crippen molar-refractivity contribution in [3.8, 4) is 0 Å². The molecule has 1 aromatic heterocycles. The van der Waals surface area contributed by atoms with Crippen LogP contribution in [0, 0.1) is 0 Å². The highest BCUT2D eigenvalue weighted by Gasteiger charge is 2.35. The molecule has 0 N–H and O–H groups in total. The number of rotatable bonds is 7. The van der Waals surface area contributed by atoms with E-state index in [-0.39, 0.29) is 35.7 Å². The van der Waals surface area contributed by atoms with E-state index in [4.69, 9.17) is 0 Å². The standard InChI is InChI=1S/C19H22N4O3S/c1-2-11-23(17-10-13-27(25,26)15-17)19(24)18-14-22(21-20-18)12-6-9-16-7-4-3-5-8-16/h2-9,14,17H,1,10-13,15H2/b9-6+. The van der Waals surface area contributed by atoms with Gasteiger partial charge in [-0.3, -0.25) is 4.79 Å². The van der Waals surface area contributed by atoms with Crippen LogP contribution in [0.15, 0.2) is 55.3 Å². The van der Waals surface area contributed by atoms with Crippen molar-refractivity contribution in [3.05, 3.63) is 66.5 Å². The van der Waals surface area contributed by atoms with E-state index in [1.165, 1.54) is 4.90 Å². The average Bonchev–Trinajstić information content (AvgIpc) is 3.26. The van der Waals surface area contributed by atoms with Gasteiger partial charge in [-0.05, 0) is 12.0 Å². The summed E-state index contributed by atoms with van der Waals surface area (Å²) in [5, 5.41) is 7.95. The van der Waals surface area contributed by atoms with Crippen LogP contribution in [0.4, 0.5) is 0 Å². The molecule has 1 fully saturated rings. The molecule has 1 aliphatic rings. The number of carbonyl (C=O) groups is 1. The molecule has 3 rings (SSSR count). The predicted octanol–water partition coefficient (Wildman–Crippen LogP) is 1.81. The van der Waals surface area contributed by atoms with Crippen molar-refractivity contribution >= 4 is 21.8 Å². The Morgan fingerprint density at radius 1 is 1.33 bits per heavy atom. The number of aromatic nitrogens is 3. The van der Waals surface area contributed by atoms with E-state index in [0.717, 1.165) is 5.56 Å². The monoisotopic (exact) mass is 386 g/mol. The van der Waals surface area contributed by atoms with E-state index in [9.17, 15) is 13.2 Å². The maximum absolute atomic E-state index is 12.8. The Bertz CT molecular complexity index is 935. The van der Waals surface area contributed by atoms with Gasteiger partial charge in [0.1, 0.15) is 0 Å². The Morgan fingerprint density at radius 2 is 2.11 bits per heavy atom. The highest BCUT2D eigenvalue weighted by Crippen LogP contribution is 2.19. The van der Waals surface area contributed by atoms with Crippen LogP contribution in [0.25, 0.3) is 6.08 Å². The van der Waals surface area contributed by atoms with Crippen LogP contribution in [-0.2, 0) is 16.4 Å². The minimum Gasteiger partial charge on any atom is -0.329 e. The second-order valence-corrected chi connectivity index (χ2v) is 8.67. The number of benzene rings is 1. The van der Waals surface area contributed by atoms with Crippen molar-refractivity contribution in [2.45, 2.75) is 19.0 Å². The van der Waals surface area contributed by atoms with Crippen LogP contribution in [0.3, 0.4) is 0 Å². The van der Waals surface area contributed by atoms with Crippen molar-refractivity contribution in [2.24, 2.45) is 0 Å². The quantitative estimate of drug-likeness (QED) is 0.678. The van der Waals surface area contributed by atoms with E-state index in [1.54, 1.807) is 17.0 Å². The molecule has 8 heteroatoms. The summed E-state index contributed by atoms with van der Waals surface area (Å²) in [5.41, 5.74) is 1.28.